The topological polar surface area (TPSA) is 28.9 Å². The number of halogens is 2. The highest BCUT2D eigenvalue weighted by molar-refractivity contribution is 5.90. The Kier molecular flexibility index (Phi) is 5.53. The summed E-state index contributed by atoms with van der Waals surface area (Å²) in [7, 11) is 1.60. The van der Waals surface area contributed by atoms with Gasteiger partial charge in [-0.15, -0.1) is 0 Å². The Morgan fingerprint density at radius 1 is 0.875 bits per heavy atom. The van der Waals surface area contributed by atoms with Crippen molar-refractivity contribution in [2.75, 3.05) is 38.2 Å². The first-order valence-corrected chi connectivity index (χ1v) is 10.7. The van der Waals surface area contributed by atoms with Crippen LogP contribution < -0.4 is 9.64 Å². The Morgan fingerprint density at radius 3 is 2.31 bits per heavy atom. The Morgan fingerprint density at radius 2 is 1.59 bits per heavy atom. The zero-order valence-corrected chi connectivity index (χ0v) is 17.9. The fourth-order valence-electron chi connectivity index (χ4n) is 4.34. The van der Waals surface area contributed by atoms with Crippen molar-refractivity contribution >= 4 is 16.7 Å². The number of hydrogen-bond donors (Lipinski definition) is 0. The van der Waals surface area contributed by atoms with E-state index in [1.165, 1.54) is 12.1 Å². The van der Waals surface area contributed by atoms with Crippen molar-refractivity contribution in [3.05, 3.63) is 83.9 Å². The van der Waals surface area contributed by atoms with E-state index in [4.69, 9.17) is 9.15 Å². The molecular weight excluding hydrogens is 410 g/mol. The van der Waals surface area contributed by atoms with E-state index in [0.29, 0.717) is 28.3 Å². The molecule has 5 rings (SSSR count). The zero-order valence-electron chi connectivity index (χ0n) is 17.9. The van der Waals surface area contributed by atoms with Crippen LogP contribution in [0.3, 0.4) is 0 Å². The van der Waals surface area contributed by atoms with E-state index in [0.717, 1.165) is 43.7 Å². The van der Waals surface area contributed by atoms with Crippen molar-refractivity contribution in [3.63, 3.8) is 0 Å². The largest absolute Gasteiger partial charge is 0.493 e. The molecule has 1 aliphatic rings. The van der Waals surface area contributed by atoms with Crippen molar-refractivity contribution in [2.24, 2.45) is 0 Å². The molecule has 0 N–H and O–H groups in total. The van der Waals surface area contributed by atoms with Crippen LogP contribution in [0.5, 0.6) is 5.75 Å². The molecule has 4 aromatic rings. The first kappa shape index (κ1) is 20.5. The van der Waals surface area contributed by atoms with Gasteiger partial charge < -0.3 is 14.1 Å². The van der Waals surface area contributed by atoms with Gasteiger partial charge in [-0.2, -0.15) is 0 Å². The minimum absolute atomic E-state index is 0.183. The molecule has 2 heterocycles. The van der Waals surface area contributed by atoms with Gasteiger partial charge in [0, 0.05) is 38.1 Å². The summed E-state index contributed by atoms with van der Waals surface area (Å²) in [6.45, 7) is 3.87. The fourth-order valence-corrected chi connectivity index (χ4v) is 4.34. The molecule has 6 heteroatoms. The Bertz CT molecular complexity index is 1250. The first-order chi connectivity index (χ1) is 15.6. The molecule has 4 nitrogen and oxygen atoms in total. The lowest BCUT2D eigenvalue weighted by Gasteiger charge is -2.36. The summed E-state index contributed by atoms with van der Waals surface area (Å²) in [5.41, 5.74) is 2.79. The molecule has 0 atom stereocenters. The average molecular weight is 434 g/mol. The Balaban J connectivity index is 1.39. The van der Waals surface area contributed by atoms with E-state index in [-0.39, 0.29) is 11.6 Å². The molecule has 3 aromatic carbocycles. The smallest absolute Gasteiger partial charge is 0.176 e. The maximum atomic E-state index is 14.3. The lowest BCUT2D eigenvalue weighted by atomic mass is 10.1. The van der Waals surface area contributed by atoms with Crippen LogP contribution in [-0.2, 0) is 6.54 Å². The predicted octanol–water partition coefficient (Wildman–Crippen LogP) is 5.71. The highest BCUT2D eigenvalue weighted by atomic mass is 19.1. The molecular formula is C26H24F2N2O2. The summed E-state index contributed by atoms with van der Waals surface area (Å²) < 4.78 is 40.0. The predicted molar refractivity (Wildman–Crippen MR) is 122 cm³/mol. The lowest BCUT2D eigenvalue weighted by molar-refractivity contribution is 0.250. The second-order valence-electron chi connectivity index (χ2n) is 7.97. The molecule has 1 aromatic heterocycles. The van der Waals surface area contributed by atoms with Gasteiger partial charge >= 0.3 is 0 Å². The Hall–Kier alpha value is -3.38. The van der Waals surface area contributed by atoms with E-state index in [2.05, 4.69) is 9.80 Å². The van der Waals surface area contributed by atoms with Crippen molar-refractivity contribution in [3.8, 4) is 17.1 Å². The number of piperazine rings is 1. The standard InChI is InChI=1S/C26H24F2N2O2/c1-31-24-11-10-18(20-16-25(32-26(20)24)19-6-2-3-7-21(19)27)17-29-12-14-30(15-13-29)23-9-5-4-8-22(23)28/h2-11,16H,12-15,17H2,1H3. The third-order valence-corrected chi connectivity index (χ3v) is 6.06. The molecule has 1 fully saturated rings. The number of furan rings is 1. The number of anilines is 1. The summed E-state index contributed by atoms with van der Waals surface area (Å²) in [6.07, 6.45) is 0. The first-order valence-electron chi connectivity index (χ1n) is 10.7. The van der Waals surface area contributed by atoms with Crippen LogP contribution in [0, 0.1) is 11.6 Å². The van der Waals surface area contributed by atoms with Gasteiger partial charge in [0.1, 0.15) is 17.4 Å². The molecule has 1 saturated heterocycles. The number of fused-ring (bicyclic) bond motifs is 1. The second kappa shape index (κ2) is 8.63. The lowest BCUT2D eigenvalue weighted by Crippen LogP contribution is -2.46. The summed E-state index contributed by atoms with van der Waals surface area (Å²) in [5, 5.41) is 0.916. The van der Waals surface area contributed by atoms with Gasteiger partial charge in [-0.1, -0.05) is 30.3 Å². The minimum atomic E-state index is -0.323. The molecule has 0 saturated carbocycles. The van der Waals surface area contributed by atoms with Crippen LogP contribution in [0.2, 0.25) is 0 Å². The van der Waals surface area contributed by atoms with E-state index in [1.54, 1.807) is 31.4 Å². The summed E-state index contributed by atoms with van der Waals surface area (Å²) in [4.78, 5) is 4.43. The van der Waals surface area contributed by atoms with Crippen molar-refractivity contribution in [2.45, 2.75) is 6.54 Å². The Labute approximate surface area is 185 Å². The van der Waals surface area contributed by atoms with Crippen LogP contribution in [0.15, 0.2) is 71.1 Å². The van der Waals surface area contributed by atoms with Crippen molar-refractivity contribution < 1.29 is 17.9 Å². The molecule has 0 radical (unpaired) electrons. The average Bonchev–Trinajstić information content (AvgIpc) is 3.26. The summed E-state index contributed by atoms with van der Waals surface area (Å²) in [6, 6.07) is 19.3. The number of nitrogens with zero attached hydrogens (tertiary/aromatic N) is 2. The maximum Gasteiger partial charge on any atom is 0.176 e. The van der Waals surface area contributed by atoms with Crippen LogP contribution in [-0.4, -0.2) is 38.2 Å². The third-order valence-electron chi connectivity index (χ3n) is 6.06. The molecule has 164 valence electrons. The number of para-hydroxylation sites is 1. The van der Waals surface area contributed by atoms with Crippen LogP contribution in [0.1, 0.15) is 5.56 Å². The zero-order chi connectivity index (χ0) is 22.1. The summed E-state index contributed by atoms with van der Waals surface area (Å²) >= 11 is 0. The molecule has 0 amide bonds. The minimum Gasteiger partial charge on any atom is -0.493 e. The van der Waals surface area contributed by atoms with Gasteiger partial charge in [0.2, 0.25) is 0 Å². The monoisotopic (exact) mass is 434 g/mol. The van der Waals surface area contributed by atoms with Gasteiger partial charge in [0.05, 0.1) is 18.4 Å². The third kappa shape index (κ3) is 3.82. The van der Waals surface area contributed by atoms with E-state index in [1.807, 2.05) is 30.3 Å². The molecule has 0 spiro atoms. The molecule has 1 aliphatic heterocycles. The highest BCUT2D eigenvalue weighted by Crippen LogP contribution is 2.37. The fraction of sp³-hybridized carbons (Fsp3) is 0.231. The second-order valence-corrected chi connectivity index (χ2v) is 7.97. The van der Waals surface area contributed by atoms with Crippen LogP contribution >= 0.6 is 0 Å². The van der Waals surface area contributed by atoms with Gasteiger partial charge in [-0.3, -0.25) is 4.90 Å². The number of methoxy groups -OCH3 is 1. The van der Waals surface area contributed by atoms with Crippen molar-refractivity contribution in [1.82, 2.24) is 4.90 Å². The molecule has 0 bridgehead atoms. The van der Waals surface area contributed by atoms with Crippen LogP contribution in [0.4, 0.5) is 14.5 Å². The molecule has 32 heavy (non-hydrogen) atoms. The molecule has 0 aliphatic carbocycles. The van der Waals surface area contributed by atoms with Gasteiger partial charge in [-0.25, -0.2) is 8.78 Å². The maximum absolute atomic E-state index is 14.3. The number of rotatable bonds is 5. The van der Waals surface area contributed by atoms with Crippen LogP contribution in [0.25, 0.3) is 22.3 Å². The molecule has 0 unspecified atom stereocenters. The normalized spacial score (nSPS) is 14.8. The highest BCUT2D eigenvalue weighted by Gasteiger charge is 2.22. The number of ether oxygens (including phenoxy) is 1. The quantitative estimate of drug-likeness (QED) is 0.402. The van der Waals surface area contributed by atoms with E-state index in [9.17, 15) is 8.78 Å². The number of hydrogen-bond acceptors (Lipinski definition) is 4. The van der Waals surface area contributed by atoms with Crippen molar-refractivity contribution in [1.29, 1.82) is 0 Å². The van der Waals surface area contributed by atoms with E-state index < -0.39 is 0 Å². The van der Waals surface area contributed by atoms with E-state index >= 15 is 0 Å². The number of benzene rings is 3. The van der Waals surface area contributed by atoms with Gasteiger partial charge in [0.25, 0.3) is 0 Å². The van der Waals surface area contributed by atoms with Gasteiger partial charge in [0.15, 0.2) is 11.3 Å². The SMILES string of the molecule is COc1ccc(CN2CCN(c3ccccc3F)CC2)c2cc(-c3ccccc3F)oc12. The summed E-state index contributed by atoms with van der Waals surface area (Å²) in [5.74, 6) is 0.595. The van der Waals surface area contributed by atoms with Gasteiger partial charge in [-0.05, 0) is 42.0 Å².